The van der Waals surface area contributed by atoms with Crippen molar-refractivity contribution in [1.29, 1.82) is 5.26 Å². The summed E-state index contributed by atoms with van der Waals surface area (Å²) in [6.45, 7) is 2.94. The number of hydrogen-bond donors (Lipinski definition) is 1. The summed E-state index contributed by atoms with van der Waals surface area (Å²) in [4.78, 5) is 2.44. The van der Waals surface area contributed by atoms with Crippen LogP contribution in [-0.4, -0.2) is 22.7 Å². The predicted octanol–water partition coefficient (Wildman–Crippen LogP) is 4.20. The molecule has 4 nitrogen and oxygen atoms in total. The van der Waals surface area contributed by atoms with Gasteiger partial charge in [-0.05, 0) is 31.0 Å². The SMILES string of the molecule is CC(=NNc1ccccc1)C1CC2C=C(C#N)C1N2Cc1ccccc1. The molecule has 26 heavy (non-hydrogen) atoms. The Morgan fingerprint density at radius 2 is 1.85 bits per heavy atom. The molecule has 2 aliphatic rings. The van der Waals surface area contributed by atoms with Crippen molar-refractivity contribution in [3.8, 4) is 6.07 Å². The summed E-state index contributed by atoms with van der Waals surface area (Å²) >= 11 is 0. The fourth-order valence-electron chi connectivity index (χ4n) is 4.09. The van der Waals surface area contributed by atoms with Gasteiger partial charge in [0.25, 0.3) is 0 Å². The van der Waals surface area contributed by atoms with Gasteiger partial charge in [0.1, 0.15) is 0 Å². The van der Waals surface area contributed by atoms with Crippen LogP contribution in [0.15, 0.2) is 77.4 Å². The van der Waals surface area contributed by atoms with Crippen LogP contribution < -0.4 is 5.43 Å². The molecule has 1 N–H and O–H groups in total. The summed E-state index contributed by atoms with van der Waals surface area (Å²) < 4.78 is 0. The average molecular weight is 342 g/mol. The first-order valence-electron chi connectivity index (χ1n) is 9.03. The third-order valence-electron chi connectivity index (χ3n) is 5.36. The van der Waals surface area contributed by atoms with Gasteiger partial charge in [-0.2, -0.15) is 10.4 Å². The van der Waals surface area contributed by atoms with Gasteiger partial charge < -0.3 is 0 Å². The monoisotopic (exact) mass is 342 g/mol. The highest BCUT2D eigenvalue weighted by atomic mass is 15.3. The van der Waals surface area contributed by atoms with Crippen LogP contribution in [0.2, 0.25) is 0 Å². The molecule has 0 radical (unpaired) electrons. The third kappa shape index (κ3) is 3.14. The average Bonchev–Trinajstić information content (AvgIpc) is 3.21. The number of nitrogens with one attached hydrogen (secondary N) is 1. The first kappa shape index (κ1) is 16.6. The van der Waals surface area contributed by atoms with Crippen LogP contribution >= 0.6 is 0 Å². The molecule has 3 atom stereocenters. The van der Waals surface area contributed by atoms with Crippen molar-refractivity contribution >= 4 is 11.4 Å². The number of hydrazone groups is 1. The number of anilines is 1. The van der Waals surface area contributed by atoms with Gasteiger partial charge >= 0.3 is 0 Å². The van der Waals surface area contributed by atoms with E-state index in [2.05, 4.69) is 58.8 Å². The lowest BCUT2D eigenvalue weighted by molar-refractivity contribution is 0.250. The molecule has 0 aliphatic carbocycles. The summed E-state index contributed by atoms with van der Waals surface area (Å²) in [6.07, 6.45) is 3.16. The van der Waals surface area contributed by atoms with Crippen LogP contribution in [0.3, 0.4) is 0 Å². The third-order valence-corrected chi connectivity index (χ3v) is 5.36. The molecule has 130 valence electrons. The highest BCUT2D eigenvalue weighted by Crippen LogP contribution is 2.42. The van der Waals surface area contributed by atoms with Gasteiger partial charge in [0.05, 0.1) is 17.8 Å². The van der Waals surface area contributed by atoms with Gasteiger partial charge in [-0.3, -0.25) is 10.3 Å². The first-order chi connectivity index (χ1) is 12.8. The number of benzene rings is 2. The Balaban J connectivity index is 1.52. The standard InChI is InChI=1S/C22H22N4/c1-16(24-25-19-10-6-3-7-11-19)21-13-20-12-18(14-23)22(21)26(20)15-17-8-4-2-5-9-17/h2-12,20-22,25H,13,15H2,1H3. The molecule has 3 unspecified atom stereocenters. The molecule has 4 heteroatoms. The van der Waals surface area contributed by atoms with E-state index in [1.165, 1.54) is 5.56 Å². The van der Waals surface area contributed by atoms with Crippen LogP contribution in [0.1, 0.15) is 18.9 Å². The zero-order valence-corrected chi connectivity index (χ0v) is 14.8. The summed E-state index contributed by atoms with van der Waals surface area (Å²) in [5, 5.41) is 14.2. The second kappa shape index (κ2) is 7.15. The Hall–Kier alpha value is -2.90. The van der Waals surface area contributed by atoms with Crippen LogP contribution in [0.5, 0.6) is 0 Å². The molecule has 2 heterocycles. The highest BCUT2D eigenvalue weighted by molar-refractivity contribution is 5.87. The molecule has 1 fully saturated rings. The van der Waals surface area contributed by atoms with Gasteiger partial charge in [-0.15, -0.1) is 0 Å². The van der Waals surface area contributed by atoms with Crippen LogP contribution in [0, 0.1) is 17.2 Å². The highest BCUT2D eigenvalue weighted by Gasteiger charge is 2.48. The molecule has 2 bridgehead atoms. The molecule has 0 saturated carbocycles. The van der Waals surface area contributed by atoms with Crippen molar-refractivity contribution in [2.75, 3.05) is 5.43 Å². The molecule has 1 saturated heterocycles. The fraction of sp³-hybridized carbons (Fsp3) is 0.273. The van der Waals surface area contributed by atoms with E-state index in [1.807, 2.05) is 36.4 Å². The first-order valence-corrected chi connectivity index (χ1v) is 9.03. The summed E-state index contributed by atoms with van der Waals surface area (Å²) in [5.41, 5.74) is 7.35. The van der Waals surface area contributed by atoms with Crippen molar-refractivity contribution in [3.63, 3.8) is 0 Å². The maximum Gasteiger partial charge on any atom is 0.0961 e. The lowest BCUT2D eigenvalue weighted by Gasteiger charge is -2.25. The van der Waals surface area contributed by atoms with E-state index < -0.39 is 0 Å². The van der Waals surface area contributed by atoms with Crippen molar-refractivity contribution in [2.45, 2.75) is 32.0 Å². The molecular weight excluding hydrogens is 320 g/mol. The topological polar surface area (TPSA) is 51.4 Å². The van der Waals surface area contributed by atoms with Crippen molar-refractivity contribution in [1.82, 2.24) is 4.90 Å². The predicted molar refractivity (Wildman–Crippen MR) is 105 cm³/mol. The van der Waals surface area contributed by atoms with E-state index in [0.717, 1.165) is 29.9 Å². The Morgan fingerprint density at radius 1 is 1.15 bits per heavy atom. The van der Waals surface area contributed by atoms with E-state index >= 15 is 0 Å². The van der Waals surface area contributed by atoms with E-state index in [0.29, 0.717) is 6.04 Å². The minimum Gasteiger partial charge on any atom is -0.284 e. The Bertz CT molecular complexity index is 864. The zero-order valence-electron chi connectivity index (χ0n) is 14.8. The number of para-hydroxylation sites is 1. The maximum absolute atomic E-state index is 9.58. The zero-order chi connectivity index (χ0) is 17.9. The number of nitrogens with zero attached hydrogens (tertiary/aromatic N) is 3. The normalized spacial score (nSPS) is 25.0. The Labute approximate surface area is 154 Å². The van der Waals surface area contributed by atoms with Gasteiger partial charge in [0.2, 0.25) is 0 Å². The van der Waals surface area contributed by atoms with Crippen molar-refractivity contribution in [3.05, 3.63) is 77.9 Å². The van der Waals surface area contributed by atoms with Gasteiger partial charge in [0.15, 0.2) is 0 Å². The molecule has 2 aromatic rings. The van der Waals surface area contributed by atoms with Crippen molar-refractivity contribution < 1.29 is 0 Å². The van der Waals surface area contributed by atoms with Crippen LogP contribution in [0.4, 0.5) is 5.69 Å². The van der Waals surface area contributed by atoms with E-state index in [1.54, 1.807) is 0 Å². The molecule has 0 amide bonds. The minimum absolute atomic E-state index is 0.131. The summed E-state index contributed by atoms with van der Waals surface area (Å²) in [7, 11) is 0. The smallest absolute Gasteiger partial charge is 0.0961 e. The lowest BCUT2D eigenvalue weighted by Crippen LogP contribution is -2.34. The lowest BCUT2D eigenvalue weighted by atomic mass is 9.86. The van der Waals surface area contributed by atoms with Crippen LogP contribution in [-0.2, 0) is 6.54 Å². The number of nitriles is 1. The summed E-state index contributed by atoms with van der Waals surface area (Å²) in [5.74, 6) is 0.277. The van der Waals surface area contributed by atoms with E-state index in [4.69, 9.17) is 0 Å². The fourth-order valence-corrected chi connectivity index (χ4v) is 4.09. The minimum atomic E-state index is 0.131. The summed E-state index contributed by atoms with van der Waals surface area (Å²) in [6, 6.07) is 23.3. The number of rotatable bonds is 5. The second-order valence-electron chi connectivity index (χ2n) is 6.98. The van der Waals surface area contributed by atoms with Gasteiger partial charge in [0, 0.05) is 29.8 Å². The number of hydrogen-bond acceptors (Lipinski definition) is 4. The molecule has 4 rings (SSSR count). The quantitative estimate of drug-likeness (QED) is 0.654. The second-order valence-corrected chi connectivity index (χ2v) is 6.98. The maximum atomic E-state index is 9.58. The van der Waals surface area contributed by atoms with Gasteiger partial charge in [-0.1, -0.05) is 54.6 Å². The van der Waals surface area contributed by atoms with Gasteiger partial charge in [-0.25, -0.2) is 0 Å². The molecule has 2 aromatic carbocycles. The van der Waals surface area contributed by atoms with Crippen molar-refractivity contribution in [2.24, 2.45) is 11.0 Å². The molecular formula is C22H22N4. The van der Waals surface area contributed by atoms with Crippen LogP contribution in [0.25, 0.3) is 0 Å². The molecule has 0 aromatic heterocycles. The Morgan fingerprint density at radius 3 is 2.54 bits per heavy atom. The largest absolute Gasteiger partial charge is 0.284 e. The molecule has 2 aliphatic heterocycles. The van der Waals surface area contributed by atoms with E-state index in [9.17, 15) is 5.26 Å². The number of fused-ring (bicyclic) bond motifs is 2. The Kier molecular flexibility index (Phi) is 4.55. The van der Waals surface area contributed by atoms with E-state index in [-0.39, 0.29) is 12.0 Å². The molecule has 0 spiro atoms.